The molecule has 0 heterocycles. The summed E-state index contributed by atoms with van der Waals surface area (Å²) >= 11 is 2.60. The van der Waals surface area contributed by atoms with Gasteiger partial charge in [0.25, 0.3) is 0 Å². The van der Waals surface area contributed by atoms with Crippen molar-refractivity contribution in [2.45, 2.75) is 6.18 Å². The lowest BCUT2D eigenvalue weighted by molar-refractivity contribution is -0.140. The van der Waals surface area contributed by atoms with Gasteiger partial charge in [0.2, 0.25) is 5.71 Å². The van der Waals surface area contributed by atoms with E-state index >= 15 is 0 Å². The van der Waals surface area contributed by atoms with Gasteiger partial charge in [-0.1, -0.05) is 15.9 Å². The van der Waals surface area contributed by atoms with Crippen molar-refractivity contribution in [1.82, 2.24) is 0 Å². The number of hydrogen-bond donors (Lipinski definition) is 1. The van der Waals surface area contributed by atoms with Crippen LogP contribution < -0.4 is 5.43 Å². The fraction of sp³-hybridized carbons (Fsp3) is 0.100. The topological polar surface area (TPSA) is 72.0 Å². The van der Waals surface area contributed by atoms with Gasteiger partial charge in [0.1, 0.15) is 17.7 Å². The zero-order valence-corrected chi connectivity index (χ0v) is 10.5. The molecule has 1 aromatic rings. The molecule has 1 aromatic carbocycles. The molecule has 0 aliphatic heterocycles. The van der Waals surface area contributed by atoms with Gasteiger partial charge in [0.15, 0.2) is 5.82 Å². The lowest BCUT2D eigenvalue weighted by Crippen LogP contribution is -2.11. The first-order valence-electron chi connectivity index (χ1n) is 4.50. The minimum atomic E-state index is -4.89. The summed E-state index contributed by atoms with van der Waals surface area (Å²) in [4.78, 5) is 0. The molecule has 0 spiro atoms. The van der Waals surface area contributed by atoms with Crippen molar-refractivity contribution in [3.05, 3.63) is 28.0 Å². The molecule has 98 valence electrons. The van der Waals surface area contributed by atoms with Gasteiger partial charge in [0.05, 0.1) is 5.69 Å². The summed E-state index contributed by atoms with van der Waals surface area (Å²) in [6, 6.07) is 4.71. The van der Waals surface area contributed by atoms with Gasteiger partial charge < -0.3 is 0 Å². The second kappa shape index (κ2) is 5.67. The number of nitriles is 2. The Kier molecular flexibility index (Phi) is 4.46. The molecule has 1 rings (SSSR count). The van der Waals surface area contributed by atoms with Gasteiger partial charge >= 0.3 is 6.18 Å². The maximum Gasteiger partial charge on any atom is 0.420 e. The molecule has 1 N–H and O–H groups in total. The largest absolute Gasteiger partial charge is 0.420 e. The first kappa shape index (κ1) is 14.9. The Bertz CT molecular complexity index is 594. The molecule has 0 amide bonds. The zero-order valence-electron chi connectivity index (χ0n) is 8.89. The number of rotatable bonds is 2. The van der Waals surface area contributed by atoms with E-state index in [1.165, 1.54) is 12.1 Å². The molecule has 19 heavy (non-hydrogen) atoms. The van der Waals surface area contributed by atoms with E-state index in [0.29, 0.717) is 0 Å². The molecule has 4 nitrogen and oxygen atoms in total. The van der Waals surface area contributed by atoms with E-state index in [0.717, 1.165) is 12.1 Å². The van der Waals surface area contributed by atoms with Crippen LogP contribution in [0.3, 0.4) is 0 Å². The minimum Gasteiger partial charge on any atom is -0.274 e. The van der Waals surface area contributed by atoms with Crippen LogP contribution in [-0.2, 0) is 6.18 Å². The Hall–Kier alpha value is -2.13. The van der Waals surface area contributed by atoms with Gasteiger partial charge in [-0.3, -0.25) is 5.43 Å². The van der Waals surface area contributed by atoms with Crippen LogP contribution in [0.25, 0.3) is 0 Å². The van der Waals surface area contributed by atoms with Crippen molar-refractivity contribution >= 4 is 27.3 Å². The maximum absolute atomic E-state index is 13.6. The summed E-state index contributed by atoms with van der Waals surface area (Å²) in [7, 11) is 0. The highest BCUT2D eigenvalue weighted by Crippen LogP contribution is 2.39. The third-order valence-corrected chi connectivity index (χ3v) is 2.54. The number of benzene rings is 1. The van der Waals surface area contributed by atoms with Gasteiger partial charge in [-0.05, 0) is 12.1 Å². The summed E-state index contributed by atoms with van der Waals surface area (Å²) in [5, 5.41) is 19.9. The molecule has 0 saturated carbocycles. The molecular formula is C10H3BrF4N4. The van der Waals surface area contributed by atoms with Crippen molar-refractivity contribution in [2.24, 2.45) is 5.10 Å². The van der Waals surface area contributed by atoms with E-state index in [4.69, 9.17) is 10.5 Å². The molecule has 0 aliphatic carbocycles. The Labute approximate surface area is 113 Å². The average molecular weight is 335 g/mol. The highest BCUT2D eigenvalue weighted by Gasteiger charge is 2.37. The Morgan fingerprint density at radius 1 is 1.26 bits per heavy atom. The highest BCUT2D eigenvalue weighted by molar-refractivity contribution is 9.10. The molecule has 0 aliphatic rings. The van der Waals surface area contributed by atoms with E-state index in [1.54, 1.807) is 0 Å². The van der Waals surface area contributed by atoms with Crippen LogP contribution in [-0.4, -0.2) is 5.71 Å². The third kappa shape index (κ3) is 3.42. The molecular weight excluding hydrogens is 332 g/mol. The first-order valence-corrected chi connectivity index (χ1v) is 5.29. The van der Waals surface area contributed by atoms with Crippen molar-refractivity contribution < 1.29 is 17.6 Å². The van der Waals surface area contributed by atoms with E-state index < -0.39 is 33.4 Å². The van der Waals surface area contributed by atoms with E-state index in [-0.39, 0.29) is 0 Å². The molecule has 0 unspecified atom stereocenters. The number of nitrogens with zero attached hydrogens (tertiary/aromatic N) is 3. The zero-order chi connectivity index (χ0) is 14.6. The highest BCUT2D eigenvalue weighted by atomic mass is 79.9. The number of alkyl halides is 3. The summed E-state index contributed by atoms with van der Waals surface area (Å²) < 4.78 is 50.9. The predicted molar refractivity (Wildman–Crippen MR) is 61.4 cm³/mol. The SMILES string of the molecule is N#CC(C#N)=NNc1ccc(Br)c(C(F)(F)F)c1F. The number of hydrogen-bond acceptors (Lipinski definition) is 4. The quantitative estimate of drug-likeness (QED) is 0.511. The summed E-state index contributed by atoms with van der Waals surface area (Å²) in [5.74, 6) is -1.58. The summed E-state index contributed by atoms with van der Waals surface area (Å²) in [6.07, 6.45) is -4.89. The van der Waals surface area contributed by atoms with E-state index in [9.17, 15) is 17.6 Å². The number of hydrazone groups is 1. The lowest BCUT2D eigenvalue weighted by Gasteiger charge is -2.12. The minimum absolute atomic E-state index is 0.465. The van der Waals surface area contributed by atoms with Crippen molar-refractivity contribution in [1.29, 1.82) is 10.5 Å². The van der Waals surface area contributed by atoms with Crippen molar-refractivity contribution in [2.75, 3.05) is 5.43 Å². The summed E-state index contributed by atoms with van der Waals surface area (Å²) in [6.45, 7) is 0. The molecule has 0 radical (unpaired) electrons. The Morgan fingerprint density at radius 3 is 2.32 bits per heavy atom. The van der Waals surface area contributed by atoms with Gasteiger partial charge in [0, 0.05) is 4.47 Å². The molecule has 0 bridgehead atoms. The fourth-order valence-corrected chi connectivity index (χ4v) is 1.62. The van der Waals surface area contributed by atoms with Crippen molar-refractivity contribution in [3.63, 3.8) is 0 Å². The van der Waals surface area contributed by atoms with Crippen LogP contribution in [0.15, 0.2) is 21.7 Å². The van der Waals surface area contributed by atoms with Crippen LogP contribution >= 0.6 is 15.9 Å². The van der Waals surface area contributed by atoms with Gasteiger partial charge in [-0.15, -0.1) is 0 Å². The predicted octanol–water partition coefficient (Wildman–Crippen LogP) is 3.42. The molecule has 0 fully saturated rings. The van der Waals surface area contributed by atoms with Crippen LogP contribution in [0, 0.1) is 28.5 Å². The Morgan fingerprint density at radius 2 is 1.84 bits per heavy atom. The fourth-order valence-electron chi connectivity index (χ4n) is 1.09. The second-order valence-corrected chi connectivity index (χ2v) is 3.93. The van der Waals surface area contributed by atoms with Gasteiger partial charge in [-0.25, -0.2) is 4.39 Å². The van der Waals surface area contributed by atoms with Crippen LogP contribution in [0.4, 0.5) is 23.2 Å². The van der Waals surface area contributed by atoms with Crippen LogP contribution in [0.2, 0.25) is 0 Å². The van der Waals surface area contributed by atoms with E-state index in [2.05, 4.69) is 21.0 Å². The molecule has 0 saturated heterocycles. The van der Waals surface area contributed by atoms with Crippen LogP contribution in [0.1, 0.15) is 5.56 Å². The van der Waals surface area contributed by atoms with E-state index in [1.807, 2.05) is 5.43 Å². The standard InChI is InChI=1S/C10H3BrF4N4/c11-6-1-2-7(19-18-5(3-16)4-17)9(12)8(6)10(13,14)15/h1-2,19H. The van der Waals surface area contributed by atoms with Gasteiger partial charge in [-0.2, -0.15) is 28.8 Å². The average Bonchev–Trinajstić information content (AvgIpc) is 2.31. The first-order chi connectivity index (χ1) is 8.81. The second-order valence-electron chi connectivity index (χ2n) is 3.08. The van der Waals surface area contributed by atoms with Crippen molar-refractivity contribution in [3.8, 4) is 12.1 Å². The normalized spacial score (nSPS) is 10.3. The third-order valence-electron chi connectivity index (χ3n) is 1.87. The molecule has 0 atom stereocenters. The number of anilines is 1. The smallest absolute Gasteiger partial charge is 0.274 e. The molecule has 0 aromatic heterocycles. The van der Waals surface area contributed by atoms with Crippen LogP contribution in [0.5, 0.6) is 0 Å². The Balaban J connectivity index is 3.24. The lowest BCUT2D eigenvalue weighted by atomic mass is 10.2. The number of halogens is 5. The molecule has 9 heteroatoms. The monoisotopic (exact) mass is 334 g/mol. The number of nitrogens with one attached hydrogen (secondary N) is 1. The maximum atomic E-state index is 13.6. The summed E-state index contributed by atoms with van der Waals surface area (Å²) in [5.41, 5.74) is -0.837.